The molecule has 20 heavy (non-hydrogen) atoms. The molecule has 3 nitrogen and oxygen atoms in total. The molecule has 1 aromatic carbocycles. The van der Waals surface area contributed by atoms with Crippen LogP contribution >= 0.6 is 0 Å². The van der Waals surface area contributed by atoms with Crippen LogP contribution in [0.2, 0.25) is 0 Å². The van der Waals surface area contributed by atoms with Gasteiger partial charge in [0.2, 0.25) is 0 Å². The first kappa shape index (κ1) is 14.5. The van der Waals surface area contributed by atoms with Crippen molar-refractivity contribution in [2.24, 2.45) is 0 Å². The van der Waals surface area contributed by atoms with E-state index in [-0.39, 0.29) is 0 Å². The summed E-state index contributed by atoms with van der Waals surface area (Å²) < 4.78 is 5.83. The molecule has 0 spiro atoms. The van der Waals surface area contributed by atoms with Crippen LogP contribution in [0.15, 0.2) is 42.7 Å². The standard InChI is InChI=1S/C17H22N2O/c1-13(2)15-6-4-7-16(12-15)20-11-8-14(3)17-18-9-5-10-19-17/h4-7,9-10,12-14H,8,11H2,1-3H3. The molecule has 1 aromatic heterocycles. The Bertz CT molecular complexity index is 526. The van der Waals surface area contributed by atoms with Crippen LogP contribution in [0.4, 0.5) is 0 Å². The van der Waals surface area contributed by atoms with Gasteiger partial charge >= 0.3 is 0 Å². The van der Waals surface area contributed by atoms with Crippen molar-refractivity contribution in [2.45, 2.75) is 39.0 Å². The average Bonchev–Trinajstić information content (AvgIpc) is 2.48. The zero-order chi connectivity index (χ0) is 14.4. The Morgan fingerprint density at radius 3 is 2.50 bits per heavy atom. The van der Waals surface area contributed by atoms with Gasteiger partial charge in [-0.25, -0.2) is 9.97 Å². The van der Waals surface area contributed by atoms with Crippen LogP contribution in [0.1, 0.15) is 50.4 Å². The molecule has 1 heterocycles. The Morgan fingerprint density at radius 2 is 1.80 bits per heavy atom. The van der Waals surface area contributed by atoms with Crippen LogP contribution in [0.5, 0.6) is 5.75 Å². The minimum atomic E-state index is 0.310. The summed E-state index contributed by atoms with van der Waals surface area (Å²) in [5.41, 5.74) is 1.31. The normalized spacial score (nSPS) is 12.4. The lowest BCUT2D eigenvalue weighted by Gasteiger charge is -2.12. The lowest BCUT2D eigenvalue weighted by atomic mass is 10.0. The van der Waals surface area contributed by atoms with Crippen molar-refractivity contribution in [3.63, 3.8) is 0 Å². The molecular weight excluding hydrogens is 248 g/mol. The summed E-state index contributed by atoms with van der Waals surface area (Å²) in [6, 6.07) is 10.2. The van der Waals surface area contributed by atoms with Gasteiger partial charge in [-0.2, -0.15) is 0 Å². The highest BCUT2D eigenvalue weighted by Gasteiger charge is 2.08. The number of ether oxygens (including phenoxy) is 1. The maximum absolute atomic E-state index is 5.83. The number of hydrogen-bond acceptors (Lipinski definition) is 3. The maximum atomic E-state index is 5.83. The SMILES string of the molecule is CC(C)c1cccc(OCCC(C)c2ncccn2)c1. The molecule has 0 aliphatic heterocycles. The van der Waals surface area contributed by atoms with Crippen molar-refractivity contribution >= 4 is 0 Å². The van der Waals surface area contributed by atoms with Crippen molar-refractivity contribution in [3.8, 4) is 5.75 Å². The van der Waals surface area contributed by atoms with Crippen LogP contribution in [0.25, 0.3) is 0 Å². The van der Waals surface area contributed by atoms with E-state index in [1.165, 1.54) is 5.56 Å². The summed E-state index contributed by atoms with van der Waals surface area (Å²) in [6.45, 7) is 7.19. The third kappa shape index (κ3) is 4.05. The molecule has 0 saturated heterocycles. The Kier molecular flexibility index (Phi) is 5.10. The van der Waals surface area contributed by atoms with Gasteiger partial charge in [-0.1, -0.05) is 32.9 Å². The van der Waals surface area contributed by atoms with Crippen LogP contribution in [-0.4, -0.2) is 16.6 Å². The van der Waals surface area contributed by atoms with Crippen LogP contribution in [-0.2, 0) is 0 Å². The van der Waals surface area contributed by atoms with E-state index in [4.69, 9.17) is 4.74 Å². The first-order valence-corrected chi connectivity index (χ1v) is 7.16. The Hall–Kier alpha value is -1.90. The quantitative estimate of drug-likeness (QED) is 0.790. The van der Waals surface area contributed by atoms with Crippen LogP contribution in [0.3, 0.4) is 0 Å². The van der Waals surface area contributed by atoms with Crippen LogP contribution in [0, 0.1) is 0 Å². The predicted molar refractivity (Wildman–Crippen MR) is 81.1 cm³/mol. The van der Waals surface area contributed by atoms with Gasteiger partial charge in [0.25, 0.3) is 0 Å². The van der Waals surface area contributed by atoms with Gasteiger partial charge < -0.3 is 4.74 Å². The van der Waals surface area contributed by atoms with Crippen molar-refractivity contribution in [1.82, 2.24) is 9.97 Å². The molecule has 0 amide bonds. The lowest BCUT2D eigenvalue weighted by molar-refractivity contribution is 0.298. The van der Waals surface area contributed by atoms with E-state index in [9.17, 15) is 0 Å². The van der Waals surface area contributed by atoms with E-state index in [1.54, 1.807) is 12.4 Å². The molecular formula is C17H22N2O. The summed E-state index contributed by atoms with van der Waals surface area (Å²) in [5, 5.41) is 0. The van der Waals surface area contributed by atoms with Gasteiger partial charge in [-0.05, 0) is 36.1 Å². The van der Waals surface area contributed by atoms with Crippen molar-refractivity contribution in [2.75, 3.05) is 6.61 Å². The molecule has 0 saturated carbocycles. The molecule has 2 aromatic rings. The van der Waals surface area contributed by atoms with E-state index >= 15 is 0 Å². The highest BCUT2D eigenvalue weighted by molar-refractivity contribution is 5.30. The minimum Gasteiger partial charge on any atom is -0.494 e. The fraction of sp³-hybridized carbons (Fsp3) is 0.412. The first-order valence-electron chi connectivity index (χ1n) is 7.16. The number of hydrogen-bond donors (Lipinski definition) is 0. The number of nitrogens with zero attached hydrogens (tertiary/aromatic N) is 2. The van der Waals surface area contributed by atoms with Gasteiger partial charge in [0.15, 0.2) is 0 Å². The van der Waals surface area contributed by atoms with Crippen LogP contribution < -0.4 is 4.74 Å². The second-order valence-electron chi connectivity index (χ2n) is 5.37. The monoisotopic (exact) mass is 270 g/mol. The summed E-state index contributed by atoms with van der Waals surface area (Å²) in [5.74, 6) is 2.66. The second kappa shape index (κ2) is 7.04. The summed E-state index contributed by atoms with van der Waals surface area (Å²) in [4.78, 5) is 8.55. The molecule has 106 valence electrons. The fourth-order valence-corrected chi connectivity index (χ4v) is 2.01. The zero-order valence-electron chi connectivity index (χ0n) is 12.4. The minimum absolute atomic E-state index is 0.310. The van der Waals surface area contributed by atoms with Gasteiger partial charge in [0.05, 0.1) is 6.61 Å². The number of benzene rings is 1. The summed E-state index contributed by atoms with van der Waals surface area (Å²) in [6.07, 6.45) is 4.48. The highest BCUT2D eigenvalue weighted by atomic mass is 16.5. The maximum Gasteiger partial charge on any atom is 0.131 e. The smallest absolute Gasteiger partial charge is 0.131 e. The van der Waals surface area contributed by atoms with E-state index in [1.807, 2.05) is 12.1 Å². The molecule has 3 heteroatoms. The molecule has 0 aliphatic carbocycles. The van der Waals surface area contributed by atoms with E-state index < -0.39 is 0 Å². The van der Waals surface area contributed by atoms with E-state index in [2.05, 4.69) is 48.9 Å². The fourth-order valence-electron chi connectivity index (χ4n) is 2.01. The highest BCUT2D eigenvalue weighted by Crippen LogP contribution is 2.21. The Morgan fingerprint density at radius 1 is 1.05 bits per heavy atom. The number of aromatic nitrogens is 2. The van der Waals surface area contributed by atoms with E-state index in [0.29, 0.717) is 18.4 Å². The molecule has 0 bridgehead atoms. The topological polar surface area (TPSA) is 35.0 Å². The molecule has 0 radical (unpaired) electrons. The zero-order valence-corrected chi connectivity index (χ0v) is 12.4. The predicted octanol–water partition coefficient (Wildman–Crippen LogP) is 4.17. The molecule has 1 atom stereocenters. The van der Waals surface area contributed by atoms with Gasteiger partial charge in [0, 0.05) is 18.3 Å². The average molecular weight is 270 g/mol. The molecule has 0 fully saturated rings. The summed E-state index contributed by atoms with van der Waals surface area (Å²) >= 11 is 0. The second-order valence-corrected chi connectivity index (χ2v) is 5.37. The Labute approximate surface area is 121 Å². The summed E-state index contributed by atoms with van der Waals surface area (Å²) in [7, 11) is 0. The van der Waals surface area contributed by atoms with Gasteiger partial charge in [-0.15, -0.1) is 0 Å². The molecule has 2 rings (SSSR count). The third-order valence-corrected chi connectivity index (χ3v) is 3.37. The van der Waals surface area contributed by atoms with Gasteiger partial charge in [-0.3, -0.25) is 0 Å². The van der Waals surface area contributed by atoms with Gasteiger partial charge in [0.1, 0.15) is 11.6 Å². The largest absolute Gasteiger partial charge is 0.494 e. The van der Waals surface area contributed by atoms with E-state index in [0.717, 1.165) is 18.0 Å². The van der Waals surface area contributed by atoms with Crippen molar-refractivity contribution < 1.29 is 4.74 Å². The third-order valence-electron chi connectivity index (χ3n) is 3.37. The molecule has 0 N–H and O–H groups in total. The lowest BCUT2D eigenvalue weighted by Crippen LogP contribution is -2.06. The first-order chi connectivity index (χ1) is 9.66. The molecule has 0 aliphatic rings. The molecule has 1 unspecified atom stereocenters. The van der Waals surface area contributed by atoms with Crippen molar-refractivity contribution in [3.05, 3.63) is 54.1 Å². The number of rotatable bonds is 6. The Balaban J connectivity index is 1.85. The van der Waals surface area contributed by atoms with Crippen molar-refractivity contribution in [1.29, 1.82) is 0 Å².